The van der Waals surface area contributed by atoms with Crippen LogP contribution in [0.15, 0.2) is 179 Å². The number of aliphatic imine (C=N–C) groups is 1. The van der Waals surface area contributed by atoms with Gasteiger partial charge < -0.3 is 14.3 Å². The van der Waals surface area contributed by atoms with E-state index in [-0.39, 0.29) is 6.17 Å². The number of hydrogen-bond acceptors (Lipinski definition) is 3. The Hall–Kier alpha value is -6.65. The number of benzene rings is 7. The van der Waals surface area contributed by atoms with Crippen molar-refractivity contribution in [3.8, 4) is 27.9 Å². The van der Waals surface area contributed by atoms with Gasteiger partial charge in [-0.25, -0.2) is 0 Å². The maximum absolute atomic E-state index is 6.53. The summed E-state index contributed by atoms with van der Waals surface area (Å²) >= 11 is 0. The Balaban J connectivity index is 0.995. The fraction of sp³-hybridized carbons (Fsp3) is 0.0217. The summed E-state index contributed by atoms with van der Waals surface area (Å²) < 4.78 is 8.87. The molecule has 0 saturated heterocycles. The van der Waals surface area contributed by atoms with Crippen LogP contribution in [-0.2, 0) is 0 Å². The van der Waals surface area contributed by atoms with Crippen LogP contribution in [0, 0.1) is 0 Å². The van der Waals surface area contributed by atoms with Crippen molar-refractivity contribution in [3.63, 3.8) is 0 Å². The Kier molecular flexibility index (Phi) is 6.53. The third kappa shape index (κ3) is 4.65. The normalized spacial score (nSPS) is 14.4. The lowest BCUT2D eigenvalue weighted by atomic mass is 9.97. The second-order valence-electron chi connectivity index (χ2n) is 12.9. The molecule has 7 aromatic carbocycles. The molecule has 1 unspecified atom stereocenters. The molecule has 0 amide bonds. The summed E-state index contributed by atoms with van der Waals surface area (Å²) in [6.45, 7) is 0. The van der Waals surface area contributed by atoms with Gasteiger partial charge >= 0.3 is 0 Å². The number of fused-ring (bicyclic) bond motifs is 7. The smallest absolute Gasteiger partial charge is 0.145 e. The standard InChI is InChI=1S/C46H31N3O/c1-3-10-30(11-4-1)31-18-20-32(21-19-31)33-12-9-13-34(26-33)36-28-47-46(48-29-36)35-22-23-40-42(27-35)49(37-14-5-2-6-15-37)41-25-24-39-38-16-7-8-17-43(38)50-45(39)44(40)41/h1-29,46-47H. The third-order valence-corrected chi connectivity index (χ3v) is 9.91. The molecule has 236 valence electrons. The molecule has 0 spiro atoms. The zero-order chi connectivity index (χ0) is 33.0. The molecule has 0 fully saturated rings. The topological polar surface area (TPSA) is 42.5 Å². The Morgan fingerprint density at radius 1 is 0.520 bits per heavy atom. The highest BCUT2D eigenvalue weighted by molar-refractivity contribution is 6.24. The Labute approximate surface area is 289 Å². The Bertz CT molecular complexity index is 2770. The number of allylic oxidation sites excluding steroid dienone is 1. The average Bonchev–Trinajstić information content (AvgIpc) is 3.74. The van der Waals surface area contributed by atoms with E-state index in [9.17, 15) is 0 Å². The zero-order valence-electron chi connectivity index (χ0n) is 27.1. The Morgan fingerprint density at radius 2 is 1.20 bits per heavy atom. The van der Waals surface area contributed by atoms with Crippen molar-refractivity contribution in [2.24, 2.45) is 4.99 Å². The quantitative estimate of drug-likeness (QED) is 0.203. The van der Waals surface area contributed by atoms with Crippen molar-refractivity contribution in [2.45, 2.75) is 6.17 Å². The van der Waals surface area contributed by atoms with Gasteiger partial charge in [-0.15, -0.1) is 0 Å². The molecule has 10 rings (SSSR count). The second kappa shape index (κ2) is 11.5. The van der Waals surface area contributed by atoms with Gasteiger partial charge in [0, 0.05) is 39.8 Å². The molecule has 0 saturated carbocycles. The van der Waals surface area contributed by atoms with Gasteiger partial charge in [0.1, 0.15) is 17.3 Å². The minimum absolute atomic E-state index is 0.203. The van der Waals surface area contributed by atoms with Crippen LogP contribution in [0.25, 0.3) is 77.3 Å². The molecule has 2 aromatic heterocycles. The van der Waals surface area contributed by atoms with Crippen LogP contribution >= 0.6 is 0 Å². The van der Waals surface area contributed by atoms with Crippen LogP contribution in [0.4, 0.5) is 0 Å². The molecular weight excluding hydrogens is 611 g/mol. The van der Waals surface area contributed by atoms with E-state index < -0.39 is 0 Å². The molecule has 0 bridgehead atoms. The number of para-hydroxylation sites is 2. The number of furan rings is 1. The number of rotatable bonds is 5. The average molecular weight is 642 g/mol. The molecular formula is C46H31N3O. The molecule has 3 heterocycles. The number of nitrogens with one attached hydrogen (secondary N) is 1. The van der Waals surface area contributed by atoms with Crippen molar-refractivity contribution >= 4 is 55.5 Å². The fourth-order valence-corrected chi connectivity index (χ4v) is 7.43. The van der Waals surface area contributed by atoms with Crippen LogP contribution in [0.1, 0.15) is 17.3 Å². The summed E-state index contributed by atoms with van der Waals surface area (Å²) in [5, 5.41) is 8.14. The molecule has 1 atom stereocenters. The minimum atomic E-state index is -0.203. The maximum atomic E-state index is 6.53. The van der Waals surface area contributed by atoms with Crippen molar-refractivity contribution in [2.75, 3.05) is 0 Å². The fourth-order valence-electron chi connectivity index (χ4n) is 7.43. The molecule has 4 nitrogen and oxygen atoms in total. The molecule has 1 aliphatic heterocycles. The lowest BCUT2D eigenvalue weighted by Crippen LogP contribution is -2.18. The van der Waals surface area contributed by atoms with E-state index in [0.717, 1.165) is 66.1 Å². The lowest BCUT2D eigenvalue weighted by molar-refractivity contribution is 0.656. The SMILES string of the molecule is C1=NC(c2ccc3c4c5oc6ccccc6c5ccc4n(-c4ccccc4)c3c2)NC=C1c1cccc(-c2ccc(-c3ccccc3)cc2)c1. The highest BCUT2D eigenvalue weighted by Crippen LogP contribution is 2.41. The molecule has 0 aliphatic carbocycles. The van der Waals surface area contributed by atoms with Gasteiger partial charge in [0.25, 0.3) is 0 Å². The van der Waals surface area contributed by atoms with E-state index in [1.165, 1.54) is 22.3 Å². The first-order valence-corrected chi connectivity index (χ1v) is 17.0. The van der Waals surface area contributed by atoms with Crippen molar-refractivity contribution in [3.05, 3.63) is 181 Å². The summed E-state index contributed by atoms with van der Waals surface area (Å²) in [6, 6.07) is 57.9. The van der Waals surface area contributed by atoms with Gasteiger partial charge in [-0.3, -0.25) is 4.99 Å². The summed E-state index contributed by atoms with van der Waals surface area (Å²) in [4.78, 5) is 5.01. The van der Waals surface area contributed by atoms with Crippen molar-refractivity contribution in [1.82, 2.24) is 9.88 Å². The molecule has 50 heavy (non-hydrogen) atoms. The van der Waals surface area contributed by atoms with Crippen molar-refractivity contribution in [1.29, 1.82) is 0 Å². The highest BCUT2D eigenvalue weighted by Gasteiger charge is 2.21. The number of aromatic nitrogens is 1. The van der Waals surface area contributed by atoms with E-state index >= 15 is 0 Å². The lowest BCUT2D eigenvalue weighted by Gasteiger charge is -2.19. The molecule has 0 radical (unpaired) electrons. The van der Waals surface area contributed by atoms with E-state index in [2.05, 4.69) is 162 Å². The first-order valence-electron chi connectivity index (χ1n) is 17.0. The van der Waals surface area contributed by atoms with E-state index in [1.54, 1.807) is 0 Å². The molecule has 9 aromatic rings. The summed E-state index contributed by atoms with van der Waals surface area (Å²) in [7, 11) is 0. The van der Waals surface area contributed by atoms with Gasteiger partial charge in [0.2, 0.25) is 0 Å². The first kappa shape index (κ1) is 28.4. The van der Waals surface area contributed by atoms with E-state index in [1.807, 2.05) is 24.4 Å². The van der Waals surface area contributed by atoms with Crippen molar-refractivity contribution < 1.29 is 4.42 Å². The summed E-state index contributed by atoms with van der Waals surface area (Å²) in [6.07, 6.45) is 3.88. The molecule has 4 heteroatoms. The minimum Gasteiger partial charge on any atom is -0.455 e. The third-order valence-electron chi connectivity index (χ3n) is 9.91. The van der Waals surface area contributed by atoms with Crippen LogP contribution in [0.2, 0.25) is 0 Å². The van der Waals surface area contributed by atoms with Crippen LogP contribution in [-0.4, -0.2) is 10.8 Å². The Morgan fingerprint density at radius 3 is 2.00 bits per heavy atom. The summed E-state index contributed by atoms with van der Waals surface area (Å²) in [5.74, 6) is 0. The zero-order valence-corrected chi connectivity index (χ0v) is 27.1. The van der Waals surface area contributed by atoms with Gasteiger partial charge in [-0.05, 0) is 75.8 Å². The molecule has 1 N–H and O–H groups in total. The summed E-state index contributed by atoms with van der Waals surface area (Å²) in [5.41, 5.74) is 13.2. The predicted octanol–water partition coefficient (Wildman–Crippen LogP) is 11.7. The predicted molar refractivity (Wildman–Crippen MR) is 208 cm³/mol. The van der Waals surface area contributed by atoms with Crippen LogP contribution in [0.5, 0.6) is 0 Å². The maximum Gasteiger partial charge on any atom is 0.145 e. The van der Waals surface area contributed by atoms with Gasteiger partial charge in [-0.1, -0.05) is 121 Å². The highest BCUT2D eigenvalue weighted by atomic mass is 16.3. The van der Waals surface area contributed by atoms with E-state index in [0.29, 0.717) is 0 Å². The van der Waals surface area contributed by atoms with Crippen LogP contribution in [0.3, 0.4) is 0 Å². The van der Waals surface area contributed by atoms with E-state index in [4.69, 9.17) is 9.41 Å². The van der Waals surface area contributed by atoms with Gasteiger partial charge in [0.05, 0.1) is 16.4 Å². The van der Waals surface area contributed by atoms with Gasteiger partial charge in [0.15, 0.2) is 0 Å². The first-order chi connectivity index (χ1) is 24.8. The number of hydrogen-bond donors (Lipinski definition) is 1. The van der Waals surface area contributed by atoms with Gasteiger partial charge in [-0.2, -0.15) is 0 Å². The van der Waals surface area contributed by atoms with Crippen LogP contribution < -0.4 is 5.32 Å². The largest absolute Gasteiger partial charge is 0.455 e. The number of nitrogens with zero attached hydrogens (tertiary/aromatic N) is 2. The molecule has 1 aliphatic rings. The monoisotopic (exact) mass is 641 g/mol. The second-order valence-corrected chi connectivity index (χ2v) is 12.9.